The highest BCUT2D eigenvalue weighted by Crippen LogP contribution is 2.35. The number of fused-ring (bicyclic) bond motifs is 1. The summed E-state index contributed by atoms with van der Waals surface area (Å²) in [5.74, 6) is -5.61. The van der Waals surface area contributed by atoms with Gasteiger partial charge in [-0.05, 0) is 46.6 Å². The quantitative estimate of drug-likeness (QED) is 0.313. The molecule has 1 aliphatic carbocycles. The van der Waals surface area contributed by atoms with Gasteiger partial charge in [0.1, 0.15) is 11.5 Å². The number of hydrogen-bond acceptors (Lipinski definition) is 4. The van der Waals surface area contributed by atoms with E-state index in [9.17, 15) is 30.8 Å². The van der Waals surface area contributed by atoms with Crippen LogP contribution in [-0.4, -0.2) is 30.3 Å². The molecular weight excluding hydrogens is 549 g/mol. The molecule has 1 unspecified atom stereocenters. The minimum absolute atomic E-state index is 0.0993. The predicted molar refractivity (Wildman–Crippen MR) is 118 cm³/mol. The monoisotopic (exact) mass is 561 g/mol. The summed E-state index contributed by atoms with van der Waals surface area (Å²) < 4.78 is 95.6. The maximum absolute atomic E-state index is 15.2. The molecule has 0 aliphatic heterocycles. The molecule has 3 aromatic rings. The number of anilines is 1. The Balaban J connectivity index is 1.67. The first-order valence-electron chi connectivity index (χ1n) is 9.51. The Morgan fingerprint density at radius 3 is 2.62 bits per heavy atom. The number of carbonyl (C=O) groups excluding carboxylic acids is 1. The molecule has 1 aromatic carbocycles. The number of carbonyl (C=O) groups is 1. The number of aromatic nitrogens is 2. The first kappa shape index (κ1) is 24.1. The average molecular weight is 562 g/mol. The van der Waals surface area contributed by atoms with Gasteiger partial charge in [-0.25, -0.2) is 22.2 Å². The Bertz CT molecular complexity index is 1480. The van der Waals surface area contributed by atoms with Crippen LogP contribution in [0, 0.1) is 17.6 Å². The van der Waals surface area contributed by atoms with Crippen molar-refractivity contribution in [1.29, 1.82) is 0 Å². The molecule has 0 amide bonds. The van der Waals surface area contributed by atoms with Crippen molar-refractivity contribution in [2.75, 3.05) is 4.72 Å². The zero-order valence-corrected chi connectivity index (χ0v) is 19.2. The normalized spacial score (nSPS) is 16.5. The van der Waals surface area contributed by atoms with Gasteiger partial charge in [0.25, 0.3) is 10.0 Å². The second kappa shape index (κ2) is 8.62. The topological polar surface area (TPSA) is 91.9 Å². The van der Waals surface area contributed by atoms with Gasteiger partial charge in [-0.3, -0.25) is 9.52 Å². The van der Waals surface area contributed by atoms with Crippen molar-refractivity contribution in [2.45, 2.75) is 12.6 Å². The van der Waals surface area contributed by atoms with Gasteiger partial charge < -0.3 is 4.98 Å². The summed E-state index contributed by atoms with van der Waals surface area (Å²) in [5.41, 5.74) is -1.56. The first-order chi connectivity index (χ1) is 15.9. The molecule has 2 aromatic heterocycles. The van der Waals surface area contributed by atoms with E-state index in [0.717, 1.165) is 18.2 Å². The summed E-state index contributed by atoms with van der Waals surface area (Å²) >= 11 is 3.20. The smallest absolute Gasteiger partial charge is 0.345 e. The minimum atomic E-state index is -4.54. The van der Waals surface area contributed by atoms with Crippen molar-refractivity contribution in [2.24, 2.45) is 5.92 Å². The molecule has 13 heteroatoms. The van der Waals surface area contributed by atoms with E-state index < -0.39 is 62.1 Å². The number of halogens is 6. The molecular formula is C21H13BrF5N3O3S. The van der Waals surface area contributed by atoms with Gasteiger partial charge in [0.05, 0.1) is 22.1 Å². The summed E-state index contributed by atoms with van der Waals surface area (Å²) in [5, 5.41) is 0.279. The maximum Gasteiger partial charge on any atom is 0.395 e. The molecule has 6 nitrogen and oxygen atoms in total. The van der Waals surface area contributed by atoms with Gasteiger partial charge in [0.15, 0.2) is 5.82 Å². The van der Waals surface area contributed by atoms with Crippen LogP contribution in [0.15, 0.2) is 58.2 Å². The highest BCUT2D eigenvalue weighted by Gasteiger charge is 2.38. The molecule has 178 valence electrons. The van der Waals surface area contributed by atoms with E-state index >= 15 is 4.39 Å². The van der Waals surface area contributed by atoms with E-state index in [4.69, 9.17) is 0 Å². The Hall–Kier alpha value is -3.06. The lowest BCUT2D eigenvalue weighted by Gasteiger charge is -2.19. The Morgan fingerprint density at radius 1 is 1.24 bits per heavy atom. The summed E-state index contributed by atoms with van der Waals surface area (Å²) in [6, 6.07) is 3.00. The fraction of sp³-hybridized carbons (Fsp3) is 0.143. The molecule has 0 bridgehead atoms. The zero-order chi connectivity index (χ0) is 24.8. The maximum atomic E-state index is 15.2. The van der Waals surface area contributed by atoms with Crippen LogP contribution in [0.1, 0.15) is 22.3 Å². The second-order valence-corrected chi connectivity index (χ2v) is 9.92. The van der Waals surface area contributed by atoms with E-state index in [2.05, 4.69) is 25.9 Å². The van der Waals surface area contributed by atoms with E-state index in [1.807, 2.05) is 4.72 Å². The number of hydrogen-bond donors (Lipinski definition) is 2. The van der Waals surface area contributed by atoms with Gasteiger partial charge in [-0.15, -0.1) is 0 Å². The van der Waals surface area contributed by atoms with Gasteiger partial charge in [0.2, 0.25) is 5.78 Å². The van der Waals surface area contributed by atoms with Crippen LogP contribution < -0.4 is 4.72 Å². The van der Waals surface area contributed by atoms with Crippen molar-refractivity contribution in [3.05, 3.63) is 81.0 Å². The van der Waals surface area contributed by atoms with E-state index in [1.165, 1.54) is 18.5 Å². The highest BCUT2D eigenvalue weighted by atomic mass is 79.9. The molecule has 0 fully saturated rings. The van der Waals surface area contributed by atoms with E-state index in [0.29, 0.717) is 16.6 Å². The highest BCUT2D eigenvalue weighted by molar-refractivity contribution is 9.10. The lowest BCUT2D eigenvalue weighted by molar-refractivity contribution is -0.160. The molecule has 0 spiro atoms. The Labute approximate surface area is 197 Å². The lowest BCUT2D eigenvalue weighted by atomic mass is 10.0. The summed E-state index contributed by atoms with van der Waals surface area (Å²) in [4.78, 5) is 19.2. The lowest BCUT2D eigenvalue weighted by Crippen LogP contribution is -2.24. The third-order valence-electron chi connectivity index (χ3n) is 5.10. The van der Waals surface area contributed by atoms with Crippen LogP contribution in [0.4, 0.5) is 27.6 Å². The fourth-order valence-electron chi connectivity index (χ4n) is 3.39. The molecule has 1 aliphatic rings. The van der Waals surface area contributed by atoms with Crippen LogP contribution >= 0.6 is 15.9 Å². The van der Waals surface area contributed by atoms with E-state index in [1.54, 1.807) is 0 Å². The zero-order valence-electron chi connectivity index (χ0n) is 16.8. The number of nitrogens with zero attached hydrogens (tertiary/aromatic N) is 1. The summed E-state index contributed by atoms with van der Waals surface area (Å²) in [7, 11) is -4.52. The molecule has 2 N–H and O–H groups in total. The van der Waals surface area contributed by atoms with Crippen molar-refractivity contribution < 1.29 is 35.2 Å². The van der Waals surface area contributed by atoms with Crippen LogP contribution in [-0.2, 0) is 10.0 Å². The number of ketones is 1. The first-order valence-corrected chi connectivity index (χ1v) is 11.8. The predicted octanol–water partition coefficient (Wildman–Crippen LogP) is 5.60. The minimum Gasteiger partial charge on any atom is -0.345 e. The number of pyridine rings is 1. The third-order valence-corrected chi connectivity index (χ3v) is 6.95. The number of aromatic amines is 1. The van der Waals surface area contributed by atoms with E-state index in [-0.39, 0.29) is 16.6 Å². The van der Waals surface area contributed by atoms with Crippen molar-refractivity contribution in [1.82, 2.24) is 9.97 Å². The number of nitrogens with one attached hydrogen (secondary N) is 2. The van der Waals surface area contributed by atoms with Crippen LogP contribution in [0.3, 0.4) is 0 Å². The number of allylic oxidation sites excluding steroid dienone is 3. The van der Waals surface area contributed by atoms with Gasteiger partial charge in [-0.1, -0.05) is 12.2 Å². The largest absolute Gasteiger partial charge is 0.395 e. The van der Waals surface area contributed by atoms with Crippen LogP contribution in [0.25, 0.3) is 11.0 Å². The number of sulfonamides is 1. The summed E-state index contributed by atoms with van der Waals surface area (Å²) in [6.45, 7) is 0. The standard InChI is InChI=1S/C21H13BrF5N3O3S/c22-11-7-13-14(9-29-20(13)28-8-11)19(31)17-15(23)5-6-16(18(17)24)30-34(32,33)12-3-1-10(2-4-12)21(25,26)27/h1,3-10,30H,2H2,(H,28,29). The van der Waals surface area contributed by atoms with Crippen LogP contribution in [0.5, 0.6) is 0 Å². The second-order valence-electron chi connectivity index (χ2n) is 7.32. The molecule has 0 radical (unpaired) electrons. The average Bonchev–Trinajstić information content (AvgIpc) is 3.18. The van der Waals surface area contributed by atoms with Crippen molar-refractivity contribution >= 4 is 48.5 Å². The number of H-pyrrole nitrogens is 1. The number of benzene rings is 1. The molecule has 0 saturated carbocycles. The van der Waals surface area contributed by atoms with Gasteiger partial charge >= 0.3 is 6.18 Å². The van der Waals surface area contributed by atoms with Gasteiger partial charge in [0, 0.05) is 27.8 Å². The number of rotatable bonds is 5. The molecule has 2 heterocycles. The Kier molecular flexibility index (Phi) is 6.10. The van der Waals surface area contributed by atoms with Crippen molar-refractivity contribution in [3.8, 4) is 0 Å². The number of alkyl halides is 3. The summed E-state index contributed by atoms with van der Waals surface area (Å²) in [6.07, 6.45) is -0.184. The molecule has 0 saturated heterocycles. The third kappa shape index (κ3) is 4.49. The van der Waals surface area contributed by atoms with Gasteiger partial charge in [-0.2, -0.15) is 13.2 Å². The Morgan fingerprint density at radius 2 is 1.97 bits per heavy atom. The molecule has 1 atom stereocenters. The molecule has 34 heavy (non-hydrogen) atoms. The van der Waals surface area contributed by atoms with Crippen LogP contribution in [0.2, 0.25) is 0 Å². The molecule has 4 rings (SSSR count). The fourth-order valence-corrected chi connectivity index (χ4v) is 4.86. The SMILES string of the molecule is O=C(c1c(F)ccc(NS(=O)(=O)C2=CCC(C(F)(F)F)C=C2)c1F)c1c[nH]c2ncc(Br)cc12. The van der Waals surface area contributed by atoms with Crippen molar-refractivity contribution in [3.63, 3.8) is 0 Å².